The van der Waals surface area contributed by atoms with Gasteiger partial charge in [-0.25, -0.2) is 10.0 Å². The Morgan fingerprint density at radius 2 is 2.18 bits per heavy atom. The van der Waals surface area contributed by atoms with Crippen molar-refractivity contribution in [2.24, 2.45) is 0 Å². The SMILES string of the molecule is CON(C)C(=O)c1cnc(OC(C)C)c(Cl)c1. The van der Waals surface area contributed by atoms with E-state index in [-0.39, 0.29) is 12.0 Å². The highest BCUT2D eigenvalue weighted by Gasteiger charge is 2.15. The third-order valence-corrected chi connectivity index (χ3v) is 2.23. The zero-order chi connectivity index (χ0) is 13.0. The molecule has 1 aromatic rings. The Bertz CT molecular complexity index is 410. The monoisotopic (exact) mass is 258 g/mol. The van der Waals surface area contributed by atoms with Gasteiger partial charge in [-0.3, -0.25) is 9.63 Å². The summed E-state index contributed by atoms with van der Waals surface area (Å²) in [7, 11) is 2.91. The lowest BCUT2D eigenvalue weighted by Gasteiger charge is -2.14. The van der Waals surface area contributed by atoms with Crippen molar-refractivity contribution in [1.29, 1.82) is 0 Å². The van der Waals surface area contributed by atoms with Gasteiger partial charge in [-0.15, -0.1) is 0 Å². The number of nitrogens with zero attached hydrogens (tertiary/aromatic N) is 2. The lowest BCUT2D eigenvalue weighted by molar-refractivity contribution is -0.0757. The van der Waals surface area contributed by atoms with Crippen molar-refractivity contribution < 1.29 is 14.4 Å². The summed E-state index contributed by atoms with van der Waals surface area (Å²) in [6, 6.07) is 1.50. The third-order valence-electron chi connectivity index (χ3n) is 1.96. The molecule has 1 rings (SSSR count). The second kappa shape index (κ2) is 5.84. The van der Waals surface area contributed by atoms with Crippen molar-refractivity contribution in [1.82, 2.24) is 10.0 Å². The van der Waals surface area contributed by atoms with Crippen LogP contribution in [-0.4, -0.2) is 36.2 Å². The minimum atomic E-state index is -0.321. The van der Waals surface area contributed by atoms with E-state index in [9.17, 15) is 4.79 Å². The molecule has 0 aliphatic rings. The molecule has 0 aliphatic heterocycles. The molecule has 0 saturated carbocycles. The number of amides is 1. The van der Waals surface area contributed by atoms with Crippen LogP contribution in [0, 0.1) is 0 Å². The van der Waals surface area contributed by atoms with E-state index in [0.717, 1.165) is 5.06 Å². The smallest absolute Gasteiger partial charge is 0.278 e. The number of carbonyl (C=O) groups is 1. The molecule has 1 amide bonds. The summed E-state index contributed by atoms with van der Waals surface area (Å²) in [4.78, 5) is 20.5. The van der Waals surface area contributed by atoms with Crippen molar-refractivity contribution in [3.63, 3.8) is 0 Å². The van der Waals surface area contributed by atoms with Gasteiger partial charge in [0.25, 0.3) is 5.91 Å². The Labute approximate surface area is 105 Å². The topological polar surface area (TPSA) is 51.7 Å². The van der Waals surface area contributed by atoms with Crippen LogP contribution in [0.5, 0.6) is 5.88 Å². The largest absolute Gasteiger partial charge is 0.474 e. The molecule has 0 N–H and O–H groups in total. The average Bonchev–Trinajstić information content (AvgIpc) is 2.29. The van der Waals surface area contributed by atoms with Gasteiger partial charge in [0, 0.05) is 13.2 Å². The molecule has 1 heterocycles. The summed E-state index contributed by atoms with van der Waals surface area (Å²) >= 11 is 5.97. The van der Waals surface area contributed by atoms with E-state index in [1.54, 1.807) is 0 Å². The maximum absolute atomic E-state index is 11.7. The lowest BCUT2D eigenvalue weighted by Crippen LogP contribution is -2.25. The van der Waals surface area contributed by atoms with Crippen LogP contribution in [0.25, 0.3) is 0 Å². The molecule has 6 heteroatoms. The maximum atomic E-state index is 11.7. The molecule has 1 aromatic heterocycles. The summed E-state index contributed by atoms with van der Waals surface area (Å²) in [5, 5.41) is 1.39. The van der Waals surface area contributed by atoms with Crippen molar-refractivity contribution >= 4 is 17.5 Å². The van der Waals surface area contributed by atoms with Gasteiger partial charge in [-0.1, -0.05) is 11.6 Å². The molecule has 0 atom stereocenters. The number of hydrogen-bond donors (Lipinski definition) is 0. The van der Waals surface area contributed by atoms with Gasteiger partial charge in [0.15, 0.2) is 0 Å². The van der Waals surface area contributed by atoms with Gasteiger partial charge >= 0.3 is 0 Å². The number of ether oxygens (including phenoxy) is 1. The molecule has 0 radical (unpaired) electrons. The van der Waals surface area contributed by atoms with Crippen molar-refractivity contribution in [2.45, 2.75) is 20.0 Å². The number of aromatic nitrogens is 1. The van der Waals surface area contributed by atoms with E-state index < -0.39 is 0 Å². The van der Waals surface area contributed by atoms with Crippen LogP contribution < -0.4 is 4.74 Å². The van der Waals surface area contributed by atoms with E-state index in [0.29, 0.717) is 16.5 Å². The third kappa shape index (κ3) is 3.57. The van der Waals surface area contributed by atoms with Crippen LogP contribution in [0.15, 0.2) is 12.3 Å². The number of carbonyl (C=O) groups excluding carboxylic acids is 1. The van der Waals surface area contributed by atoms with Gasteiger partial charge in [0.05, 0.1) is 18.8 Å². The zero-order valence-corrected chi connectivity index (χ0v) is 11.0. The summed E-state index contributed by atoms with van der Waals surface area (Å²) in [6.07, 6.45) is 1.38. The Hall–Kier alpha value is -1.33. The molecule has 17 heavy (non-hydrogen) atoms. The van der Waals surface area contributed by atoms with Crippen molar-refractivity contribution in [3.8, 4) is 5.88 Å². The molecule has 0 bridgehead atoms. The Morgan fingerprint density at radius 1 is 1.53 bits per heavy atom. The van der Waals surface area contributed by atoms with Crippen LogP contribution in [0.4, 0.5) is 0 Å². The molecule has 0 spiro atoms. The molecular weight excluding hydrogens is 244 g/mol. The number of rotatable bonds is 4. The van der Waals surface area contributed by atoms with Crippen LogP contribution in [0.3, 0.4) is 0 Å². The minimum Gasteiger partial charge on any atom is -0.474 e. The Balaban J connectivity index is 2.92. The first kappa shape index (κ1) is 13.7. The first-order chi connectivity index (χ1) is 7.95. The van der Waals surface area contributed by atoms with Crippen LogP contribution >= 0.6 is 11.6 Å². The van der Waals surface area contributed by atoms with E-state index in [2.05, 4.69) is 4.98 Å². The summed E-state index contributed by atoms with van der Waals surface area (Å²) in [5.74, 6) is -0.00344. The second-order valence-corrected chi connectivity index (χ2v) is 4.07. The highest BCUT2D eigenvalue weighted by atomic mass is 35.5. The number of hydroxylamine groups is 2. The predicted octanol–water partition coefficient (Wildman–Crippen LogP) is 2.16. The molecule has 5 nitrogen and oxygen atoms in total. The van der Waals surface area contributed by atoms with E-state index in [1.807, 2.05) is 13.8 Å². The van der Waals surface area contributed by atoms with Crippen LogP contribution in [0.2, 0.25) is 5.02 Å². The number of pyridine rings is 1. The Kier molecular flexibility index (Phi) is 4.72. The van der Waals surface area contributed by atoms with Crippen LogP contribution in [0.1, 0.15) is 24.2 Å². The first-order valence-electron chi connectivity index (χ1n) is 5.10. The lowest BCUT2D eigenvalue weighted by atomic mass is 10.2. The molecular formula is C11H15ClN2O3. The molecule has 0 saturated heterocycles. The quantitative estimate of drug-likeness (QED) is 0.777. The molecule has 0 unspecified atom stereocenters. The van der Waals surface area contributed by atoms with Crippen LogP contribution in [-0.2, 0) is 4.84 Å². The second-order valence-electron chi connectivity index (χ2n) is 3.66. The fourth-order valence-corrected chi connectivity index (χ4v) is 1.33. The molecule has 0 fully saturated rings. The van der Waals surface area contributed by atoms with Gasteiger partial charge in [-0.2, -0.15) is 0 Å². The summed E-state index contributed by atoms with van der Waals surface area (Å²) < 4.78 is 5.37. The molecule has 0 aromatic carbocycles. The first-order valence-corrected chi connectivity index (χ1v) is 5.48. The standard InChI is InChI=1S/C11H15ClN2O3/c1-7(2)17-10-9(12)5-8(6-13-10)11(15)14(3)16-4/h5-7H,1-4H3. The normalized spacial score (nSPS) is 10.5. The highest BCUT2D eigenvalue weighted by molar-refractivity contribution is 6.32. The average molecular weight is 259 g/mol. The fraction of sp³-hybridized carbons (Fsp3) is 0.455. The van der Waals surface area contributed by atoms with Crippen molar-refractivity contribution in [3.05, 3.63) is 22.8 Å². The predicted molar refractivity (Wildman–Crippen MR) is 64.1 cm³/mol. The summed E-state index contributed by atoms with van der Waals surface area (Å²) in [5.41, 5.74) is 0.343. The van der Waals surface area contributed by atoms with Gasteiger partial charge < -0.3 is 4.74 Å². The summed E-state index contributed by atoms with van der Waals surface area (Å²) in [6.45, 7) is 3.74. The molecule has 94 valence electrons. The van der Waals surface area contributed by atoms with E-state index in [4.69, 9.17) is 21.2 Å². The van der Waals surface area contributed by atoms with Gasteiger partial charge in [0.2, 0.25) is 5.88 Å². The highest BCUT2D eigenvalue weighted by Crippen LogP contribution is 2.23. The Morgan fingerprint density at radius 3 is 2.65 bits per heavy atom. The van der Waals surface area contributed by atoms with E-state index >= 15 is 0 Å². The van der Waals surface area contributed by atoms with Gasteiger partial charge in [-0.05, 0) is 19.9 Å². The van der Waals surface area contributed by atoms with E-state index in [1.165, 1.54) is 26.4 Å². The maximum Gasteiger partial charge on any atom is 0.278 e. The van der Waals surface area contributed by atoms with Crippen molar-refractivity contribution in [2.75, 3.05) is 14.2 Å². The minimum absolute atomic E-state index is 0.0248. The molecule has 0 aliphatic carbocycles. The van der Waals surface area contributed by atoms with Gasteiger partial charge in [0.1, 0.15) is 5.02 Å². The number of hydrogen-bond acceptors (Lipinski definition) is 4. The fourth-order valence-electron chi connectivity index (χ4n) is 1.12. The zero-order valence-electron chi connectivity index (χ0n) is 10.2. The number of halogens is 1.